The molecule has 0 fully saturated rings. The summed E-state index contributed by atoms with van der Waals surface area (Å²) in [5.74, 6) is 0.00977. The van der Waals surface area contributed by atoms with Crippen LogP contribution < -0.4 is 0 Å². The number of hydrogen-bond donors (Lipinski definition) is 1. The maximum absolute atomic E-state index is 12.8. The second kappa shape index (κ2) is 4.72. The number of carbonyl (C=O) groups is 1. The van der Waals surface area contributed by atoms with Gasteiger partial charge in [0.25, 0.3) is 0 Å². The van der Waals surface area contributed by atoms with Crippen LogP contribution in [0.4, 0.5) is 0 Å². The Kier molecular flexibility index (Phi) is 2.84. The van der Waals surface area contributed by atoms with Crippen LogP contribution in [0.15, 0.2) is 54.7 Å². The third-order valence-electron chi connectivity index (χ3n) is 3.55. The highest BCUT2D eigenvalue weighted by atomic mass is 35.5. The highest BCUT2D eigenvalue weighted by Crippen LogP contribution is 2.32. The second-order valence-corrected chi connectivity index (χ2v) is 6.33. The zero-order chi connectivity index (χ0) is 14.4. The number of fused-ring (bicyclic) bond motifs is 2. The third-order valence-corrected chi connectivity index (χ3v) is 4.98. The predicted molar refractivity (Wildman–Crippen MR) is 88.6 cm³/mol. The Hall–Kier alpha value is -2.10. The normalized spacial score (nSPS) is 11.3. The van der Waals surface area contributed by atoms with Crippen molar-refractivity contribution in [3.05, 3.63) is 70.2 Å². The molecule has 102 valence electrons. The molecule has 1 N–H and O–H groups in total. The van der Waals surface area contributed by atoms with E-state index in [0.717, 1.165) is 25.9 Å². The minimum Gasteiger partial charge on any atom is -0.360 e. The molecule has 21 heavy (non-hydrogen) atoms. The Labute approximate surface area is 130 Å². The molecule has 0 saturated carbocycles. The van der Waals surface area contributed by atoms with Crippen LogP contribution in [0.5, 0.6) is 0 Å². The first-order valence-electron chi connectivity index (χ1n) is 6.53. The van der Waals surface area contributed by atoms with Crippen molar-refractivity contribution in [1.29, 1.82) is 0 Å². The van der Waals surface area contributed by atoms with Gasteiger partial charge in [-0.05, 0) is 29.7 Å². The molecule has 4 aromatic rings. The van der Waals surface area contributed by atoms with Gasteiger partial charge in [0.2, 0.25) is 5.78 Å². The first-order chi connectivity index (χ1) is 10.2. The Morgan fingerprint density at radius 1 is 1.10 bits per heavy atom. The molecular formula is C17H10ClNOS. The fraction of sp³-hybridized carbons (Fsp3) is 0. The summed E-state index contributed by atoms with van der Waals surface area (Å²) < 4.78 is 1.12. The largest absolute Gasteiger partial charge is 0.360 e. The molecule has 0 aliphatic heterocycles. The number of H-pyrrole nitrogens is 1. The number of ketones is 1. The number of rotatable bonds is 2. The quantitative estimate of drug-likeness (QED) is 0.503. The van der Waals surface area contributed by atoms with Gasteiger partial charge in [-0.1, -0.05) is 35.9 Å². The minimum absolute atomic E-state index is 0.00977. The van der Waals surface area contributed by atoms with Gasteiger partial charge in [0.05, 0.1) is 15.5 Å². The summed E-state index contributed by atoms with van der Waals surface area (Å²) in [4.78, 5) is 16.6. The van der Waals surface area contributed by atoms with Gasteiger partial charge in [-0.15, -0.1) is 11.3 Å². The maximum atomic E-state index is 12.8. The molecule has 0 saturated heterocycles. The zero-order valence-corrected chi connectivity index (χ0v) is 12.5. The fourth-order valence-corrected chi connectivity index (χ4v) is 3.84. The number of aromatic amines is 1. The van der Waals surface area contributed by atoms with Crippen molar-refractivity contribution >= 4 is 49.7 Å². The molecule has 0 radical (unpaired) electrons. The average Bonchev–Trinajstić information content (AvgIpc) is 3.11. The second-order valence-electron chi connectivity index (χ2n) is 4.84. The first kappa shape index (κ1) is 12.6. The lowest BCUT2D eigenvalue weighted by Gasteiger charge is -1.98. The number of nitrogens with one attached hydrogen (secondary N) is 1. The number of thiophene rings is 1. The third kappa shape index (κ3) is 1.97. The van der Waals surface area contributed by atoms with Crippen LogP contribution in [0.1, 0.15) is 15.2 Å². The van der Waals surface area contributed by atoms with Gasteiger partial charge >= 0.3 is 0 Å². The van der Waals surface area contributed by atoms with Crippen molar-refractivity contribution in [2.45, 2.75) is 0 Å². The molecule has 0 spiro atoms. The summed E-state index contributed by atoms with van der Waals surface area (Å²) in [6.07, 6.45) is 1.74. The molecule has 0 atom stereocenters. The summed E-state index contributed by atoms with van der Waals surface area (Å²) in [7, 11) is 0. The molecule has 0 amide bonds. The van der Waals surface area contributed by atoms with Crippen LogP contribution in [-0.2, 0) is 0 Å². The van der Waals surface area contributed by atoms with Gasteiger partial charge in [0.15, 0.2) is 0 Å². The summed E-state index contributed by atoms with van der Waals surface area (Å²) >= 11 is 7.76. The zero-order valence-electron chi connectivity index (χ0n) is 10.9. The molecule has 4 rings (SSSR count). The highest BCUT2D eigenvalue weighted by molar-refractivity contribution is 7.21. The molecule has 0 unspecified atom stereocenters. The van der Waals surface area contributed by atoms with E-state index in [1.165, 1.54) is 11.3 Å². The van der Waals surface area contributed by atoms with Crippen LogP contribution in [0.2, 0.25) is 5.02 Å². The molecule has 2 aromatic carbocycles. The molecule has 2 aromatic heterocycles. The number of hydrogen-bond acceptors (Lipinski definition) is 2. The average molecular weight is 312 g/mol. The van der Waals surface area contributed by atoms with Crippen molar-refractivity contribution in [1.82, 2.24) is 4.98 Å². The number of benzene rings is 2. The number of aromatic nitrogens is 1. The van der Waals surface area contributed by atoms with Crippen molar-refractivity contribution in [3.8, 4) is 0 Å². The van der Waals surface area contributed by atoms with Gasteiger partial charge in [0.1, 0.15) is 0 Å². The highest BCUT2D eigenvalue weighted by Gasteiger charge is 2.18. The Morgan fingerprint density at radius 3 is 2.81 bits per heavy atom. The van der Waals surface area contributed by atoms with Crippen LogP contribution >= 0.6 is 22.9 Å². The SMILES string of the molecule is O=C(c1cc2ccccc2s1)c1c[nH]c2cccc(Cl)c12. The molecule has 2 nitrogen and oxygen atoms in total. The monoisotopic (exact) mass is 311 g/mol. The lowest BCUT2D eigenvalue weighted by molar-refractivity contribution is 0.104. The lowest BCUT2D eigenvalue weighted by atomic mass is 10.1. The lowest BCUT2D eigenvalue weighted by Crippen LogP contribution is -1.97. The van der Waals surface area contributed by atoms with Crippen LogP contribution in [-0.4, -0.2) is 10.8 Å². The minimum atomic E-state index is 0.00977. The topological polar surface area (TPSA) is 32.9 Å². The van der Waals surface area contributed by atoms with Crippen LogP contribution in [0, 0.1) is 0 Å². The predicted octanol–water partition coefficient (Wildman–Crippen LogP) is 5.27. The van der Waals surface area contributed by atoms with E-state index in [4.69, 9.17) is 11.6 Å². The van der Waals surface area contributed by atoms with Gasteiger partial charge in [-0.3, -0.25) is 4.79 Å². The molecule has 0 bridgehead atoms. The molecule has 0 aliphatic rings. The Balaban J connectivity index is 1.90. The summed E-state index contributed by atoms with van der Waals surface area (Å²) in [6, 6.07) is 15.5. The van der Waals surface area contributed by atoms with Gasteiger partial charge < -0.3 is 4.98 Å². The van der Waals surface area contributed by atoms with Crippen molar-refractivity contribution in [2.75, 3.05) is 0 Å². The molecule has 4 heteroatoms. The van der Waals surface area contributed by atoms with E-state index in [9.17, 15) is 4.79 Å². The van der Waals surface area contributed by atoms with E-state index in [1.807, 2.05) is 42.5 Å². The molecular weight excluding hydrogens is 302 g/mol. The van der Waals surface area contributed by atoms with Gasteiger partial charge in [0, 0.05) is 21.8 Å². The number of carbonyl (C=O) groups excluding carboxylic acids is 1. The van der Waals surface area contributed by atoms with E-state index in [2.05, 4.69) is 4.98 Å². The van der Waals surface area contributed by atoms with Gasteiger partial charge in [-0.2, -0.15) is 0 Å². The van der Waals surface area contributed by atoms with E-state index >= 15 is 0 Å². The Bertz CT molecular complexity index is 950. The molecule has 2 heterocycles. The van der Waals surface area contributed by atoms with Gasteiger partial charge in [-0.25, -0.2) is 0 Å². The number of halogens is 1. The fourth-order valence-electron chi connectivity index (χ4n) is 2.55. The van der Waals surface area contributed by atoms with Crippen molar-refractivity contribution in [3.63, 3.8) is 0 Å². The van der Waals surface area contributed by atoms with E-state index in [-0.39, 0.29) is 5.78 Å². The summed E-state index contributed by atoms with van der Waals surface area (Å²) in [6.45, 7) is 0. The summed E-state index contributed by atoms with van der Waals surface area (Å²) in [5, 5.41) is 2.48. The van der Waals surface area contributed by atoms with Crippen molar-refractivity contribution < 1.29 is 4.79 Å². The van der Waals surface area contributed by atoms with E-state index < -0.39 is 0 Å². The van der Waals surface area contributed by atoms with Crippen LogP contribution in [0.25, 0.3) is 21.0 Å². The standard InChI is InChI=1S/C17H10ClNOS/c18-12-5-3-6-13-16(12)11(9-19-13)17(20)15-8-10-4-1-2-7-14(10)21-15/h1-9,19H. The Morgan fingerprint density at radius 2 is 1.95 bits per heavy atom. The maximum Gasteiger partial charge on any atom is 0.205 e. The van der Waals surface area contributed by atoms with Crippen LogP contribution in [0.3, 0.4) is 0 Å². The first-order valence-corrected chi connectivity index (χ1v) is 7.72. The summed E-state index contributed by atoms with van der Waals surface area (Å²) in [5.41, 5.74) is 1.51. The van der Waals surface area contributed by atoms with Crippen molar-refractivity contribution in [2.24, 2.45) is 0 Å². The smallest absolute Gasteiger partial charge is 0.205 e. The molecule has 0 aliphatic carbocycles. The van der Waals surface area contributed by atoms with E-state index in [0.29, 0.717) is 10.6 Å². The van der Waals surface area contributed by atoms with E-state index in [1.54, 1.807) is 12.3 Å².